The lowest BCUT2D eigenvalue weighted by molar-refractivity contribution is -0.142. The summed E-state index contributed by atoms with van der Waals surface area (Å²) in [5.41, 5.74) is 1.42. The predicted octanol–water partition coefficient (Wildman–Crippen LogP) is 2.13. The molecule has 7 heteroatoms. The van der Waals surface area contributed by atoms with Crippen LogP contribution in [0.25, 0.3) is 0 Å². The highest BCUT2D eigenvalue weighted by atomic mass is 32.2. The van der Waals surface area contributed by atoms with E-state index >= 15 is 0 Å². The predicted molar refractivity (Wildman–Crippen MR) is 87.4 cm³/mol. The molecule has 0 amide bonds. The molecule has 0 spiro atoms. The molecule has 1 fully saturated rings. The Balaban J connectivity index is 1.72. The molecule has 1 aromatic carbocycles. The molecular formula is C17H21NO5S. The third kappa shape index (κ3) is 3.52. The van der Waals surface area contributed by atoms with Crippen LogP contribution in [0, 0.1) is 5.92 Å². The highest BCUT2D eigenvalue weighted by Gasteiger charge is 2.29. The highest BCUT2D eigenvalue weighted by Crippen LogP contribution is 2.27. The van der Waals surface area contributed by atoms with Crippen LogP contribution in [0.2, 0.25) is 0 Å². The van der Waals surface area contributed by atoms with Crippen LogP contribution in [0.5, 0.6) is 0 Å². The van der Waals surface area contributed by atoms with Crippen molar-refractivity contribution in [2.45, 2.75) is 55.9 Å². The third-order valence-corrected chi connectivity index (χ3v) is 6.45. The van der Waals surface area contributed by atoms with Gasteiger partial charge in [0.05, 0.1) is 10.8 Å². The average Bonchev–Trinajstić information content (AvgIpc) is 2.55. The van der Waals surface area contributed by atoms with Crippen LogP contribution in [0.4, 0.5) is 0 Å². The van der Waals surface area contributed by atoms with E-state index in [1.807, 2.05) is 0 Å². The number of carbonyl (C=O) groups is 2. The first kappa shape index (κ1) is 17.1. The Morgan fingerprint density at radius 3 is 2.50 bits per heavy atom. The molecule has 1 saturated carbocycles. The van der Waals surface area contributed by atoms with E-state index in [4.69, 9.17) is 5.11 Å². The van der Waals surface area contributed by atoms with Gasteiger partial charge in [-0.3, -0.25) is 9.59 Å². The molecule has 1 aromatic rings. The number of aryl methyl sites for hydroxylation is 1. The molecule has 0 atom stereocenters. The van der Waals surface area contributed by atoms with Crippen molar-refractivity contribution in [2.75, 3.05) is 0 Å². The minimum Gasteiger partial charge on any atom is -0.481 e. The maximum Gasteiger partial charge on any atom is 0.306 e. The minimum absolute atomic E-state index is 0.0696. The number of ketones is 1. The topological polar surface area (TPSA) is 101 Å². The van der Waals surface area contributed by atoms with Gasteiger partial charge in [-0.25, -0.2) is 13.1 Å². The number of nitrogens with one attached hydrogen (secondary N) is 1. The van der Waals surface area contributed by atoms with Gasteiger partial charge in [-0.05, 0) is 62.3 Å². The van der Waals surface area contributed by atoms with E-state index in [9.17, 15) is 18.0 Å². The fourth-order valence-corrected chi connectivity index (χ4v) is 4.89. The standard InChI is InChI=1S/C17H21NO5S/c19-16-3-1-2-12-10-14(8-9-15(12)16)24(22,23)18-13-6-4-11(5-7-13)17(20)21/h8-11,13,18H,1-7H2,(H,20,21). The number of carbonyl (C=O) groups excluding carboxylic acids is 1. The lowest BCUT2D eigenvalue weighted by Crippen LogP contribution is -2.38. The van der Waals surface area contributed by atoms with E-state index in [0.717, 1.165) is 12.0 Å². The molecule has 2 aliphatic rings. The summed E-state index contributed by atoms with van der Waals surface area (Å²) in [5, 5.41) is 9.00. The fourth-order valence-electron chi connectivity index (χ4n) is 3.54. The number of carboxylic acid groups (broad SMARTS) is 1. The molecule has 0 heterocycles. The zero-order valence-corrected chi connectivity index (χ0v) is 14.1. The SMILES string of the molecule is O=C1CCCc2cc(S(=O)(=O)NC3CCC(C(=O)O)CC3)ccc21. The summed E-state index contributed by atoms with van der Waals surface area (Å²) in [7, 11) is -3.66. The number of benzene rings is 1. The van der Waals surface area contributed by atoms with Gasteiger partial charge < -0.3 is 5.11 Å². The van der Waals surface area contributed by atoms with Crippen LogP contribution in [0.1, 0.15) is 54.4 Å². The van der Waals surface area contributed by atoms with Crippen LogP contribution in [-0.2, 0) is 21.2 Å². The number of aliphatic carboxylic acids is 1. The fraction of sp³-hybridized carbons (Fsp3) is 0.529. The molecule has 24 heavy (non-hydrogen) atoms. The van der Waals surface area contributed by atoms with Crippen molar-refractivity contribution >= 4 is 21.8 Å². The van der Waals surface area contributed by atoms with Gasteiger partial charge >= 0.3 is 5.97 Å². The number of hydrogen-bond acceptors (Lipinski definition) is 4. The second kappa shape index (κ2) is 6.64. The summed E-state index contributed by atoms with van der Waals surface area (Å²) in [6.45, 7) is 0. The maximum absolute atomic E-state index is 12.6. The van der Waals surface area contributed by atoms with E-state index < -0.39 is 16.0 Å². The van der Waals surface area contributed by atoms with Gasteiger partial charge in [0.1, 0.15) is 0 Å². The van der Waals surface area contributed by atoms with E-state index in [1.165, 1.54) is 6.07 Å². The van der Waals surface area contributed by atoms with Crippen molar-refractivity contribution < 1.29 is 23.1 Å². The first-order chi connectivity index (χ1) is 11.4. The Kier molecular flexibility index (Phi) is 4.73. The Labute approximate surface area is 141 Å². The molecule has 0 saturated heterocycles. The normalized spacial score (nSPS) is 24.4. The Morgan fingerprint density at radius 2 is 1.83 bits per heavy atom. The van der Waals surface area contributed by atoms with Crippen molar-refractivity contribution in [2.24, 2.45) is 5.92 Å². The number of sulfonamides is 1. The largest absolute Gasteiger partial charge is 0.481 e. The molecule has 3 rings (SSSR count). The number of rotatable bonds is 4. The molecule has 0 aromatic heterocycles. The van der Waals surface area contributed by atoms with E-state index in [-0.39, 0.29) is 22.6 Å². The van der Waals surface area contributed by atoms with Crippen LogP contribution < -0.4 is 4.72 Å². The summed E-state index contributed by atoms with van der Waals surface area (Å²) < 4.78 is 27.8. The van der Waals surface area contributed by atoms with E-state index in [1.54, 1.807) is 12.1 Å². The van der Waals surface area contributed by atoms with Gasteiger partial charge in [0.2, 0.25) is 10.0 Å². The summed E-state index contributed by atoms with van der Waals surface area (Å²) in [6.07, 6.45) is 4.02. The first-order valence-corrected chi connectivity index (χ1v) is 9.76. The van der Waals surface area contributed by atoms with Gasteiger partial charge in [-0.1, -0.05) is 0 Å². The van der Waals surface area contributed by atoms with Gasteiger partial charge in [0, 0.05) is 18.0 Å². The molecule has 0 unspecified atom stereocenters. The van der Waals surface area contributed by atoms with E-state index in [2.05, 4.69) is 4.72 Å². The first-order valence-electron chi connectivity index (χ1n) is 8.28. The van der Waals surface area contributed by atoms with Crippen molar-refractivity contribution in [3.63, 3.8) is 0 Å². The molecule has 0 radical (unpaired) electrons. The van der Waals surface area contributed by atoms with Gasteiger partial charge in [0.15, 0.2) is 5.78 Å². The third-order valence-electron chi connectivity index (χ3n) is 4.94. The van der Waals surface area contributed by atoms with Crippen molar-refractivity contribution in [1.82, 2.24) is 4.72 Å². The zero-order chi connectivity index (χ0) is 17.3. The Hall–Kier alpha value is -1.73. The molecule has 0 aliphatic heterocycles. The van der Waals surface area contributed by atoms with Gasteiger partial charge in [-0.2, -0.15) is 0 Å². The Morgan fingerprint density at radius 1 is 1.12 bits per heavy atom. The highest BCUT2D eigenvalue weighted by molar-refractivity contribution is 7.89. The summed E-state index contributed by atoms with van der Waals surface area (Å²) >= 11 is 0. The summed E-state index contributed by atoms with van der Waals surface area (Å²) in [6, 6.07) is 4.45. The second-order valence-corrected chi connectivity index (χ2v) is 8.32. The Bertz CT molecular complexity index is 763. The van der Waals surface area contributed by atoms with Crippen molar-refractivity contribution in [3.05, 3.63) is 29.3 Å². The summed E-state index contributed by atoms with van der Waals surface area (Å²) in [4.78, 5) is 23.0. The van der Waals surface area contributed by atoms with Crippen molar-refractivity contribution in [1.29, 1.82) is 0 Å². The van der Waals surface area contributed by atoms with Crippen LogP contribution in [0.3, 0.4) is 0 Å². The molecule has 130 valence electrons. The lowest BCUT2D eigenvalue weighted by atomic mass is 9.87. The number of fused-ring (bicyclic) bond motifs is 1. The number of Topliss-reactive ketones (excluding diaryl/α,β-unsaturated/α-hetero) is 1. The van der Waals surface area contributed by atoms with Crippen LogP contribution >= 0.6 is 0 Å². The van der Waals surface area contributed by atoms with Crippen LogP contribution in [-0.4, -0.2) is 31.3 Å². The molecule has 0 bridgehead atoms. The van der Waals surface area contributed by atoms with Gasteiger partial charge in [0.25, 0.3) is 0 Å². The zero-order valence-electron chi connectivity index (χ0n) is 13.3. The van der Waals surface area contributed by atoms with Crippen molar-refractivity contribution in [3.8, 4) is 0 Å². The minimum atomic E-state index is -3.66. The number of carboxylic acids is 1. The quantitative estimate of drug-likeness (QED) is 0.865. The molecule has 2 aliphatic carbocycles. The van der Waals surface area contributed by atoms with E-state index in [0.29, 0.717) is 44.1 Å². The summed E-state index contributed by atoms with van der Waals surface area (Å²) in [5.74, 6) is -1.11. The van der Waals surface area contributed by atoms with Crippen LogP contribution in [0.15, 0.2) is 23.1 Å². The smallest absolute Gasteiger partial charge is 0.306 e. The number of hydrogen-bond donors (Lipinski definition) is 2. The average molecular weight is 351 g/mol. The molecular weight excluding hydrogens is 330 g/mol. The molecule has 2 N–H and O–H groups in total. The second-order valence-electron chi connectivity index (χ2n) is 6.60. The monoisotopic (exact) mass is 351 g/mol. The lowest BCUT2D eigenvalue weighted by Gasteiger charge is -2.26. The maximum atomic E-state index is 12.6. The van der Waals surface area contributed by atoms with Gasteiger partial charge in [-0.15, -0.1) is 0 Å². The molecule has 6 nitrogen and oxygen atoms in total.